The number of ether oxygens (including phenoxy) is 1. The number of hydrogen-bond acceptors (Lipinski definition) is 2. The van der Waals surface area contributed by atoms with E-state index in [4.69, 9.17) is 4.74 Å². The monoisotopic (exact) mass is 234 g/mol. The van der Waals surface area contributed by atoms with E-state index in [-0.39, 0.29) is 5.78 Å². The van der Waals surface area contributed by atoms with Gasteiger partial charge in [0.1, 0.15) is 11.5 Å². The summed E-state index contributed by atoms with van der Waals surface area (Å²) in [6.45, 7) is 4.51. The van der Waals surface area contributed by atoms with Crippen molar-refractivity contribution in [2.24, 2.45) is 0 Å². The lowest BCUT2D eigenvalue weighted by atomic mass is 10.1. The highest BCUT2D eigenvalue weighted by Crippen LogP contribution is 2.13. The van der Waals surface area contributed by atoms with Crippen molar-refractivity contribution in [1.82, 2.24) is 0 Å². The molecule has 0 aliphatic rings. The minimum atomic E-state index is 0.258. The Hall–Kier alpha value is -1.31. The van der Waals surface area contributed by atoms with Gasteiger partial charge in [0.2, 0.25) is 0 Å². The molecule has 0 spiro atoms. The van der Waals surface area contributed by atoms with Gasteiger partial charge >= 0.3 is 0 Å². The number of Topliss-reactive ketones (excluding diaryl/α,β-unsaturated/α-hetero) is 1. The lowest BCUT2D eigenvalue weighted by Gasteiger charge is -2.06. The number of benzene rings is 1. The lowest BCUT2D eigenvalue weighted by Crippen LogP contribution is -1.99. The summed E-state index contributed by atoms with van der Waals surface area (Å²) in [6, 6.07) is 8.29. The van der Waals surface area contributed by atoms with Gasteiger partial charge in [0.05, 0.1) is 6.61 Å². The highest BCUT2D eigenvalue weighted by Gasteiger charge is 1.97. The Morgan fingerprint density at radius 1 is 1.18 bits per heavy atom. The molecular formula is C15H22O2. The number of rotatable bonds is 8. The van der Waals surface area contributed by atoms with Crippen LogP contribution in [0.3, 0.4) is 0 Å². The Labute approximate surface area is 104 Å². The Kier molecular flexibility index (Phi) is 6.38. The molecular weight excluding hydrogens is 212 g/mol. The molecule has 94 valence electrons. The summed E-state index contributed by atoms with van der Waals surface area (Å²) in [5.41, 5.74) is 1.36. The number of unbranched alkanes of at least 4 members (excludes halogenated alkanes) is 1. The van der Waals surface area contributed by atoms with Crippen LogP contribution in [0.25, 0.3) is 0 Å². The van der Waals surface area contributed by atoms with Gasteiger partial charge in [-0.3, -0.25) is 0 Å². The van der Waals surface area contributed by atoms with Crippen LogP contribution < -0.4 is 4.74 Å². The molecule has 1 aromatic carbocycles. The fourth-order valence-corrected chi connectivity index (χ4v) is 1.71. The molecule has 0 bridgehead atoms. The first kappa shape index (κ1) is 13.8. The SMILES string of the molecule is CCCc1ccc(OCCCCC(C)=O)cc1. The van der Waals surface area contributed by atoms with Crippen molar-refractivity contribution in [3.05, 3.63) is 29.8 Å². The van der Waals surface area contributed by atoms with E-state index in [0.717, 1.165) is 25.0 Å². The molecule has 0 saturated carbocycles. The van der Waals surface area contributed by atoms with Gasteiger partial charge in [-0.2, -0.15) is 0 Å². The summed E-state index contributed by atoms with van der Waals surface area (Å²) in [5, 5.41) is 0. The summed E-state index contributed by atoms with van der Waals surface area (Å²) in [5.74, 6) is 1.18. The minimum absolute atomic E-state index is 0.258. The molecule has 0 atom stereocenters. The van der Waals surface area contributed by atoms with E-state index in [2.05, 4.69) is 19.1 Å². The molecule has 0 unspecified atom stereocenters. The quantitative estimate of drug-likeness (QED) is 0.640. The van der Waals surface area contributed by atoms with E-state index in [0.29, 0.717) is 13.0 Å². The van der Waals surface area contributed by atoms with Crippen LogP contribution in [0.4, 0.5) is 0 Å². The largest absolute Gasteiger partial charge is 0.494 e. The van der Waals surface area contributed by atoms with E-state index in [1.54, 1.807) is 6.92 Å². The summed E-state index contributed by atoms with van der Waals surface area (Å²) in [7, 11) is 0. The Bertz CT molecular complexity index is 327. The van der Waals surface area contributed by atoms with Gasteiger partial charge in [0.25, 0.3) is 0 Å². The van der Waals surface area contributed by atoms with Gasteiger partial charge in [-0.15, -0.1) is 0 Å². The second-order valence-electron chi connectivity index (χ2n) is 4.40. The van der Waals surface area contributed by atoms with Crippen LogP contribution in [0.15, 0.2) is 24.3 Å². The zero-order valence-corrected chi connectivity index (χ0v) is 10.9. The van der Waals surface area contributed by atoms with Crippen molar-refractivity contribution in [2.75, 3.05) is 6.61 Å². The van der Waals surface area contributed by atoms with Crippen LogP contribution in [-0.2, 0) is 11.2 Å². The molecule has 1 rings (SSSR count). The third kappa shape index (κ3) is 6.10. The summed E-state index contributed by atoms with van der Waals surface area (Å²) in [6.07, 6.45) is 4.82. The van der Waals surface area contributed by atoms with Crippen LogP contribution in [0.1, 0.15) is 45.1 Å². The lowest BCUT2D eigenvalue weighted by molar-refractivity contribution is -0.117. The Morgan fingerprint density at radius 2 is 1.88 bits per heavy atom. The fourth-order valence-electron chi connectivity index (χ4n) is 1.71. The van der Waals surface area contributed by atoms with Gasteiger partial charge in [-0.05, 0) is 43.9 Å². The van der Waals surface area contributed by atoms with Crippen molar-refractivity contribution < 1.29 is 9.53 Å². The molecule has 0 N–H and O–H groups in total. The maximum atomic E-state index is 10.7. The third-order valence-electron chi connectivity index (χ3n) is 2.65. The predicted octanol–water partition coefficient (Wildman–Crippen LogP) is 3.78. The van der Waals surface area contributed by atoms with Gasteiger partial charge in [0.15, 0.2) is 0 Å². The first-order valence-electron chi connectivity index (χ1n) is 6.43. The summed E-state index contributed by atoms with van der Waals surface area (Å²) < 4.78 is 5.61. The van der Waals surface area contributed by atoms with Crippen LogP contribution in [0.5, 0.6) is 5.75 Å². The zero-order valence-electron chi connectivity index (χ0n) is 10.9. The topological polar surface area (TPSA) is 26.3 Å². The van der Waals surface area contributed by atoms with Gasteiger partial charge < -0.3 is 9.53 Å². The van der Waals surface area contributed by atoms with Crippen molar-refractivity contribution in [2.45, 2.75) is 46.0 Å². The highest BCUT2D eigenvalue weighted by atomic mass is 16.5. The van der Waals surface area contributed by atoms with Crippen molar-refractivity contribution in [3.63, 3.8) is 0 Å². The molecule has 0 amide bonds. The van der Waals surface area contributed by atoms with Gasteiger partial charge in [-0.25, -0.2) is 0 Å². The first-order chi connectivity index (χ1) is 8.22. The van der Waals surface area contributed by atoms with Gasteiger partial charge in [-0.1, -0.05) is 25.5 Å². The first-order valence-corrected chi connectivity index (χ1v) is 6.43. The molecule has 2 heteroatoms. The average molecular weight is 234 g/mol. The predicted molar refractivity (Wildman–Crippen MR) is 70.5 cm³/mol. The van der Waals surface area contributed by atoms with E-state index in [9.17, 15) is 4.79 Å². The standard InChI is InChI=1S/C15H22O2/c1-3-6-14-8-10-15(11-9-14)17-12-5-4-7-13(2)16/h8-11H,3-7,12H2,1-2H3. The maximum absolute atomic E-state index is 10.7. The number of carbonyl (C=O) groups excluding carboxylic acids is 1. The number of ketones is 1. The molecule has 2 nitrogen and oxygen atoms in total. The van der Waals surface area contributed by atoms with Crippen molar-refractivity contribution in [3.8, 4) is 5.75 Å². The van der Waals surface area contributed by atoms with Crippen LogP contribution in [-0.4, -0.2) is 12.4 Å². The molecule has 0 heterocycles. The average Bonchev–Trinajstić information content (AvgIpc) is 2.31. The third-order valence-corrected chi connectivity index (χ3v) is 2.65. The van der Waals surface area contributed by atoms with Crippen LogP contribution in [0.2, 0.25) is 0 Å². The van der Waals surface area contributed by atoms with Crippen LogP contribution >= 0.6 is 0 Å². The molecule has 0 saturated heterocycles. The number of hydrogen-bond donors (Lipinski definition) is 0. The highest BCUT2D eigenvalue weighted by molar-refractivity contribution is 5.75. The molecule has 0 aliphatic heterocycles. The molecule has 0 aromatic heterocycles. The minimum Gasteiger partial charge on any atom is -0.494 e. The number of aryl methyl sites for hydroxylation is 1. The number of carbonyl (C=O) groups is 1. The smallest absolute Gasteiger partial charge is 0.129 e. The van der Waals surface area contributed by atoms with E-state index in [1.165, 1.54) is 12.0 Å². The Balaban J connectivity index is 2.20. The van der Waals surface area contributed by atoms with Crippen molar-refractivity contribution >= 4 is 5.78 Å². The second-order valence-corrected chi connectivity index (χ2v) is 4.40. The van der Waals surface area contributed by atoms with Crippen LogP contribution in [0, 0.1) is 0 Å². The Morgan fingerprint density at radius 3 is 2.47 bits per heavy atom. The summed E-state index contributed by atoms with van der Waals surface area (Å²) >= 11 is 0. The van der Waals surface area contributed by atoms with Gasteiger partial charge in [0, 0.05) is 6.42 Å². The molecule has 17 heavy (non-hydrogen) atoms. The maximum Gasteiger partial charge on any atom is 0.129 e. The molecule has 0 aliphatic carbocycles. The van der Waals surface area contributed by atoms with Crippen molar-refractivity contribution in [1.29, 1.82) is 0 Å². The summed E-state index contributed by atoms with van der Waals surface area (Å²) in [4.78, 5) is 10.7. The van der Waals surface area contributed by atoms with E-state index < -0.39 is 0 Å². The fraction of sp³-hybridized carbons (Fsp3) is 0.533. The zero-order chi connectivity index (χ0) is 12.5. The van der Waals surface area contributed by atoms with E-state index >= 15 is 0 Å². The molecule has 0 radical (unpaired) electrons. The molecule has 1 aromatic rings. The molecule has 0 fully saturated rings. The second kappa shape index (κ2) is 7.88. The van der Waals surface area contributed by atoms with E-state index in [1.807, 2.05) is 12.1 Å². The normalized spacial score (nSPS) is 10.2.